The van der Waals surface area contributed by atoms with Crippen LogP contribution in [0.1, 0.15) is 37.4 Å². The quantitative estimate of drug-likeness (QED) is 0.821. The third kappa shape index (κ3) is 2.87. The van der Waals surface area contributed by atoms with Crippen molar-refractivity contribution in [2.75, 3.05) is 0 Å². The van der Waals surface area contributed by atoms with Gasteiger partial charge in [0.1, 0.15) is 0 Å². The fourth-order valence-electron chi connectivity index (χ4n) is 2.11. The molecule has 1 aliphatic rings. The molecule has 0 aromatic carbocycles. The van der Waals surface area contributed by atoms with E-state index < -0.39 is 18.4 Å². The van der Waals surface area contributed by atoms with E-state index in [0.29, 0.717) is 0 Å². The van der Waals surface area contributed by atoms with Crippen LogP contribution >= 0.6 is 0 Å². The Bertz CT molecular complexity index is 405. The Morgan fingerprint density at radius 3 is 2.65 bits per heavy atom. The second-order valence-electron chi connectivity index (χ2n) is 4.32. The maximum absolute atomic E-state index is 12.1. The molecule has 2 rings (SSSR count). The first-order chi connectivity index (χ1) is 7.97. The molecule has 0 bridgehead atoms. The van der Waals surface area contributed by atoms with Gasteiger partial charge < -0.3 is 0 Å². The van der Waals surface area contributed by atoms with Gasteiger partial charge in [-0.3, -0.25) is 9.48 Å². The molecule has 1 aliphatic carbocycles. The fraction of sp³-hybridized carbons (Fsp3) is 0.636. The van der Waals surface area contributed by atoms with Gasteiger partial charge in [0.2, 0.25) is 5.78 Å². The summed E-state index contributed by atoms with van der Waals surface area (Å²) in [4.78, 5) is 10.8. The lowest BCUT2D eigenvalue weighted by Crippen LogP contribution is -2.24. The maximum atomic E-state index is 12.1. The number of alkyl halides is 3. The van der Waals surface area contributed by atoms with Crippen molar-refractivity contribution in [3.05, 3.63) is 18.0 Å². The molecule has 0 aliphatic heterocycles. The van der Waals surface area contributed by atoms with Crippen molar-refractivity contribution in [3.63, 3.8) is 0 Å². The predicted molar refractivity (Wildman–Crippen MR) is 54.5 cm³/mol. The molecule has 0 N–H and O–H groups in total. The van der Waals surface area contributed by atoms with Gasteiger partial charge in [-0.05, 0) is 18.9 Å². The van der Waals surface area contributed by atoms with Gasteiger partial charge in [0.25, 0.3) is 0 Å². The summed E-state index contributed by atoms with van der Waals surface area (Å²) in [6, 6.07) is 1.77. The molecular weight excluding hydrogens is 233 g/mol. The van der Waals surface area contributed by atoms with E-state index in [9.17, 15) is 18.0 Å². The number of hydrogen-bond acceptors (Lipinski definition) is 2. The van der Waals surface area contributed by atoms with Gasteiger partial charge in [0, 0.05) is 6.20 Å². The van der Waals surface area contributed by atoms with Crippen LogP contribution in [-0.4, -0.2) is 21.7 Å². The largest absolute Gasteiger partial charge is 0.450 e. The Morgan fingerprint density at radius 2 is 2.06 bits per heavy atom. The van der Waals surface area contributed by atoms with Gasteiger partial charge in [-0.1, -0.05) is 12.8 Å². The molecule has 1 fully saturated rings. The monoisotopic (exact) mass is 246 g/mol. The topological polar surface area (TPSA) is 34.9 Å². The van der Waals surface area contributed by atoms with Crippen LogP contribution in [0.15, 0.2) is 12.3 Å². The predicted octanol–water partition coefficient (Wildman–Crippen LogP) is 2.67. The molecule has 1 aromatic heterocycles. The number of halogens is 3. The van der Waals surface area contributed by atoms with Gasteiger partial charge in [0.05, 0.1) is 18.2 Å². The van der Waals surface area contributed by atoms with E-state index in [1.165, 1.54) is 6.07 Å². The third-order valence-corrected chi connectivity index (χ3v) is 3.02. The van der Waals surface area contributed by atoms with E-state index in [-0.39, 0.29) is 11.7 Å². The number of rotatable bonds is 3. The average molecular weight is 246 g/mol. The Morgan fingerprint density at radius 1 is 1.41 bits per heavy atom. The zero-order valence-corrected chi connectivity index (χ0v) is 9.20. The van der Waals surface area contributed by atoms with Gasteiger partial charge >= 0.3 is 6.18 Å². The summed E-state index contributed by atoms with van der Waals surface area (Å²) in [6.45, 7) is 0. The first-order valence-corrected chi connectivity index (χ1v) is 5.61. The van der Waals surface area contributed by atoms with E-state index in [1.807, 2.05) is 0 Å². The molecule has 3 nitrogen and oxygen atoms in total. The molecule has 1 aromatic rings. The van der Waals surface area contributed by atoms with Crippen molar-refractivity contribution in [1.29, 1.82) is 0 Å². The highest BCUT2D eigenvalue weighted by atomic mass is 19.4. The highest BCUT2D eigenvalue weighted by Gasteiger charge is 2.38. The number of carbonyl (C=O) groups excluding carboxylic acids is 1. The van der Waals surface area contributed by atoms with Gasteiger partial charge in [0.15, 0.2) is 0 Å². The summed E-state index contributed by atoms with van der Waals surface area (Å²) in [7, 11) is 0. The summed E-state index contributed by atoms with van der Waals surface area (Å²) in [5.74, 6) is -1.74. The fourth-order valence-corrected chi connectivity index (χ4v) is 2.11. The Labute approximate surface area is 96.6 Å². The van der Waals surface area contributed by atoms with Crippen LogP contribution in [0.5, 0.6) is 0 Å². The highest BCUT2D eigenvalue weighted by molar-refractivity contribution is 5.85. The second kappa shape index (κ2) is 4.50. The van der Waals surface area contributed by atoms with E-state index in [4.69, 9.17) is 0 Å². The molecule has 0 amide bonds. The number of ketones is 1. The molecule has 17 heavy (non-hydrogen) atoms. The lowest BCUT2D eigenvalue weighted by atomic mass is 10.2. The van der Waals surface area contributed by atoms with Crippen molar-refractivity contribution < 1.29 is 18.0 Å². The molecule has 0 unspecified atom stereocenters. The number of nitrogens with zero attached hydrogens (tertiary/aromatic N) is 2. The summed E-state index contributed by atoms with van der Waals surface area (Å²) in [6.07, 6.45) is 0.501. The van der Waals surface area contributed by atoms with Crippen LogP contribution in [0.25, 0.3) is 0 Å². The molecular formula is C11H13F3N2O. The standard InChI is InChI=1S/C11H13F3N2O/c12-11(13,14)10(17)7-8-5-6-16(15-8)9-3-1-2-4-9/h5-6,9H,1-4,7H2. The summed E-state index contributed by atoms with van der Waals surface area (Å²) in [5, 5.41) is 4.04. The minimum absolute atomic E-state index is 0.194. The molecule has 6 heteroatoms. The smallest absolute Gasteiger partial charge is 0.289 e. The van der Waals surface area contributed by atoms with Crippen LogP contribution in [0, 0.1) is 0 Å². The SMILES string of the molecule is O=C(Cc1ccn(C2CCCC2)n1)C(F)(F)F. The van der Waals surface area contributed by atoms with Crippen molar-refractivity contribution in [2.24, 2.45) is 0 Å². The van der Waals surface area contributed by atoms with Gasteiger partial charge in [-0.2, -0.15) is 18.3 Å². The summed E-state index contributed by atoms with van der Waals surface area (Å²) >= 11 is 0. The van der Waals surface area contributed by atoms with Crippen LogP contribution < -0.4 is 0 Å². The summed E-state index contributed by atoms with van der Waals surface area (Å²) < 4.78 is 37.9. The van der Waals surface area contributed by atoms with E-state index in [2.05, 4.69) is 5.10 Å². The van der Waals surface area contributed by atoms with Crippen LogP contribution in [-0.2, 0) is 11.2 Å². The second-order valence-corrected chi connectivity index (χ2v) is 4.32. The Balaban J connectivity index is 2.01. The zero-order valence-electron chi connectivity index (χ0n) is 9.20. The number of Topliss-reactive ketones (excluding diaryl/α,β-unsaturated/α-hetero) is 1. The number of carbonyl (C=O) groups is 1. The number of aromatic nitrogens is 2. The van der Waals surface area contributed by atoms with E-state index >= 15 is 0 Å². The van der Waals surface area contributed by atoms with Crippen molar-refractivity contribution in [2.45, 2.75) is 44.3 Å². The zero-order chi connectivity index (χ0) is 12.5. The lowest BCUT2D eigenvalue weighted by molar-refractivity contribution is -0.170. The van der Waals surface area contributed by atoms with Gasteiger partial charge in [-0.15, -0.1) is 0 Å². The van der Waals surface area contributed by atoms with Crippen LogP contribution in [0.4, 0.5) is 13.2 Å². The first kappa shape index (κ1) is 12.1. The third-order valence-electron chi connectivity index (χ3n) is 3.02. The van der Waals surface area contributed by atoms with Crippen molar-refractivity contribution in [3.8, 4) is 0 Å². The Kier molecular flexibility index (Phi) is 3.22. The molecule has 0 saturated heterocycles. The Hall–Kier alpha value is -1.33. The minimum atomic E-state index is -4.77. The molecule has 94 valence electrons. The van der Waals surface area contributed by atoms with E-state index in [0.717, 1.165) is 25.7 Å². The average Bonchev–Trinajstić information content (AvgIpc) is 2.83. The van der Waals surface area contributed by atoms with Crippen molar-refractivity contribution in [1.82, 2.24) is 9.78 Å². The lowest BCUT2D eigenvalue weighted by Gasteiger charge is -2.08. The summed E-state index contributed by atoms with van der Waals surface area (Å²) in [5.41, 5.74) is 0.194. The normalized spacial score (nSPS) is 17.6. The van der Waals surface area contributed by atoms with E-state index in [1.54, 1.807) is 10.9 Å². The molecule has 0 radical (unpaired) electrons. The highest BCUT2D eigenvalue weighted by Crippen LogP contribution is 2.28. The van der Waals surface area contributed by atoms with Crippen molar-refractivity contribution >= 4 is 5.78 Å². The maximum Gasteiger partial charge on any atom is 0.450 e. The number of hydrogen-bond donors (Lipinski definition) is 0. The van der Waals surface area contributed by atoms with Gasteiger partial charge in [-0.25, -0.2) is 0 Å². The molecule has 1 saturated carbocycles. The molecule has 1 heterocycles. The van der Waals surface area contributed by atoms with Crippen LogP contribution in [0.3, 0.4) is 0 Å². The first-order valence-electron chi connectivity index (χ1n) is 5.61. The minimum Gasteiger partial charge on any atom is -0.289 e. The molecule has 0 atom stereocenters. The van der Waals surface area contributed by atoms with Crippen LogP contribution in [0.2, 0.25) is 0 Å². The molecule has 0 spiro atoms.